The average Bonchev–Trinajstić information content (AvgIpc) is 2.53. The SMILES string of the molecule is COC(=O)CN(c1ccc(Cl)cc1)S(=O)(=O)c1ccc(Cl)cc1. The summed E-state index contributed by atoms with van der Waals surface area (Å²) in [6, 6.07) is 11.8. The Kier molecular flexibility index (Phi) is 5.51. The molecule has 0 aliphatic heterocycles. The summed E-state index contributed by atoms with van der Waals surface area (Å²) in [6.45, 7) is -0.455. The van der Waals surface area contributed by atoms with E-state index in [0.717, 1.165) is 4.31 Å². The van der Waals surface area contributed by atoms with Crippen LogP contribution < -0.4 is 4.31 Å². The summed E-state index contributed by atoms with van der Waals surface area (Å²) < 4.78 is 31.2. The number of esters is 1. The molecule has 122 valence electrons. The second-order valence-electron chi connectivity index (χ2n) is 4.52. The Bertz CT molecular complexity index is 789. The highest BCUT2D eigenvalue weighted by Gasteiger charge is 2.27. The van der Waals surface area contributed by atoms with Gasteiger partial charge in [-0.2, -0.15) is 0 Å². The zero-order valence-corrected chi connectivity index (χ0v) is 14.4. The molecule has 0 heterocycles. The van der Waals surface area contributed by atoms with E-state index < -0.39 is 22.5 Å². The van der Waals surface area contributed by atoms with Crippen molar-refractivity contribution in [2.75, 3.05) is 18.0 Å². The monoisotopic (exact) mass is 373 g/mol. The first-order valence-electron chi connectivity index (χ1n) is 6.45. The molecule has 8 heteroatoms. The van der Waals surface area contributed by atoms with Gasteiger partial charge >= 0.3 is 5.97 Å². The van der Waals surface area contributed by atoms with Crippen molar-refractivity contribution in [1.82, 2.24) is 0 Å². The second kappa shape index (κ2) is 7.21. The first-order valence-corrected chi connectivity index (χ1v) is 8.65. The lowest BCUT2D eigenvalue weighted by Crippen LogP contribution is -2.36. The molecule has 0 aliphatic carbocycles. The van der Waals surface area contributed by atoms with Gasteiger partial charge < -0.3 is 4.74 Å². The van der Waals surface area contributed by atoms with Crippen LogP contribution in [0.4, 0.5) is 5.69 Å². The van der Waals surface area contributed by atoms with Crippen LogP contribution >= 0.6 is 23.2 Å². The number of carbonyl (C=O) groups excluding carboxylic acids is 1. The molecule has 2 aromatic rings. The summed E-state index contributed by atoms with van der Waals surface area (Å²) in [4.78, 5) is 11.6. The van der Waals surface area contributed by atoms with Crippen molar-refractivity contribution in [2.45, 2.75) is 4.90 Å². The Morgan fingerprint density at radius 1 is 1.00 bits per heavy atom. The number of anilines is 1. The van der Waals surface area contributed by atoms with Gasteiger partial charge in [-0.05, 0) is 48.5 Å². The van der Waals surface area contributed by atoms with Gasteiger partial charge in [-0.1, -0.05) is 23.2 Å². The molecule has 0 N–H and O–H groups in total. The molecule has 23 heavy (non-hydrogen) atoms. The van der Waals surface area contributed by atoms with Gasteiger partial charge in [0.05, 0.1) is 17.7 Å². The molecule has 0 amide bonds. The standard InChI is InChI=1S/C15H13Cl2NO4S/c1-22-15(19)10-18(13-6-2-11(16)3-7-13)23(20,21)14-8-4-12(17)5-9-14/h2-9H,10H2,1H3. The molecule has 2 rings (SSSR count). The van der Waals surface area contributed by atoms with Gasteiger partial charge in [0.15, 0.2) is 0 Å². The van der Waals surface area contributed by atoms with Gasteiger partial charge in [0.25, 0.3) is 10.0 Å². The molecule has 0 spiro atoms. The van der Waals surface area contributed by atoms with E-state index in [9.17, 15) is 13.2 Å². The summed E-state index contributed by atoms with van der Waals surface area (Å²) in [5, 5.41) is 0.866. The molecule has 0 fully saturated rings. The van der Waals surface area contributed by atoms with Gasteiger partial charge in [0, 0.05) is 10.0 Å². The van der Waals surface area contributed by atoms with Gasteiger partial charge in [-0.15, -0.1) is 0 Å². The van der Waals surface area contributed by atoms with Crippen LogP contribution in [0, 0.1) is 0 Å². The normalized spacial score (nSPS) is 11.1. The summed E-state index contributed by atoms with van der Waals surface area (Å²) in [5.41, 5.74) is 0.301. The largest absolute Gasteiger partial charge is 0.468 e. The zero-order valence-electron chi connectivity index (χ0n) is 12.1. The molecule has 0 radical (unpaired) electrons. The minimum absolute atomic E-state index is 0.0146. The van der Waals surface area contributed by atoms with Crippen LogP contribution in [0.5, 0.6) is 0 Å². The van der Waals surface area contributed by atoms with Crippen LogP contribution in [0.2, 0.25) is 10.0 Å². The van der Waals surface area contributed by atoms with Gasteiger partial charge in [0.1, 0.15) is 6.54 Å². The lowest BCUT2D eigenvalue weighted by Gasteiger charge is -2.23. The van der Waals surface area contributed by atoms with Gasteiger partial charge in [0.2, 0.25) is 0 Å². The second-order valence-corrected chi connectivity index (χ2v) is 7.25. The third kappa shape index (κ3) is 4.16. The zero-order chi connectivity index (χ0) is 17.0. The highest BCUT2D eigenvalue weighted by molar-refractivity contribution is 7.92. The third-order valence-corrected chi connectivity index (χ3v) is 5.31. The van der Waals surface area contributed by atoms with E-state index in [-0.39, 0.29) is 4.90 Å². The van der Waals surface area contributed by atoms with Crippen molar-refractivity contribution < 1.29 is 17.9 Å². The summed E-state index contributed by atoms with van der Waals surface area (Å²) in [6.07, 6.45) is 0. The quantitative estimate of drug-likeness (QED) is 0.753. The lowest BCUT2D eigenvalue weighted by atomic mass is 10.3. The number of carbonyl (C=O) groups is 1. The van der Waals surface area contributed by atoms with Crippen molar-refractivity contribution >= 4 is 44.9 Å². The number of rotatable bonds is 5. The van der Waals surface area contributed by atoms with Crippen molar-refractivity contribution in [2.24, 2.45) is 0 Å². The molecule has 0 atom stereocenters. The summed E-state index contributed by atoms with van der Waals surface area (Å²) >= 11 is 11.6. The Hall–Kier alpha value is -1.76. The summed E-state index contributed by atoms with van der Waals surface area (Å²) in [7, 11) is -2.77. The molecule has 0 unspecified atom stereocenters. The fourth-order valence-electron chi connectivity index (χ4n) is 1.84. The Morgan fingerprint density at radius 2 is 1.48 bits per heavy atom. The van der Waals surface area contributed by atoms with E-state index in [1.165, 1.54) is 43.5 Å². The molecule has 5 nitrogen and oxygen atoms in total. The molecular weight excluding hydrogens is 361 g/mol. The van der Waals surface area contributed by atoms with E-state index in [4.69, 9.17) is 23.2 Å². The highest BCUT2D eigenvalue weighted by Crippen LogP contribution is 2.26. The molecule has 0 aromatic heterocycles. The van der Waals surface area contributed by atoms with Gasteiger partial charge in [-0.25, -0.2) is 8.42 Å². The number of sulfonamides is 1. The molecule has 0 saturated heterocycles. The maximum Gasteiger partial charge on any atom is 0.326 e. The fourth-order valence-corrected chi connectivity index (χ4v) is 3.50. The van der Waals surface area contributed by atoms with E-state index in [0.29, 0.717) is 15.7 Å². The molecular formula is C15H13Cl2NO4S. The average molecular weight is 374 g/mol. The number of ether oxygens (including phenoxy) is 1. The number of hydrogen-bond donors (Lipinski definition) is 0. The highest BCUT2D eigenvalue weighted by atomic mass is 35.5. The fraction of sp³-hybridized carbons (Fsp3) is 0.133. The van der Waals surface area contributed by atoms with E-state index in [1.807, 2.05) is 0 Å². The van der Waals surface area contributed by atoms with Crippen molar-refractivity contribution in [3.63, 3.8) is 0 Å². The first-order chi connectivity index (χ1) is 10.8. The van der Waals surface area contributed by atoms with Crippen molar-refractivity contribution in [1.29, 1.82) is 0 Å². The predicted octanol–water partition coefficient (Wildman–Crippen LogP) is 3.36. The number of methoxy groups -OCH3 is 1. The molecule has 0 aliphatic rings. The van der Waals surface area contributed by atoms with Crippen LogP contribution in [0.1, 0.15) is 0 Å². The molecule has 0 bridgehead atoms. The van der Waals surface area contributed by atoms with Crippen molar-refractivity contribution in [3.05, 3.63) is 58.6 Å². The smallest absolute Gasteiger partial charge is 0.326 e. The van der Waals surface area contributed by atoms with E-state index in [2.05, 4.69) is 4.74 Å². The van der Waals surface area contributed by atoms with Crippen LogP contribution in [-0.2, 0) is 19.6 Å². The lowest BCUT2D eigenvalue weighted by molar-refractivity contribution is -0.138. The van der Waals surface area contributed by atoms with Crippen LogP contribution in [0.15, 0.2) is 53.4 Å². The Labute approximate surface area is 144 Å². The van der Waals surface area contributed by atoms with Crippen molar-refractivity contribution in [3.8, 4) is 0 Å². The minimum atomic E-state index is -3.96. The number of nitrogens with zero attached hydrogens (tertiary/aromatic N) is 1. The number of benzene rings is 2. The topological polar surface area (TPSA) is 63.7 Å². The molecule has 2 aromatic carbocycles. The third-order valence-electron chi connectivity index (χ3n) is 3.02. The number of hydrogen-bond acceptors (Lipinski definition) is 4. The maximum absolute atomic E-state index is 12.8. The first kappa shape index (κ1) is 17.6. The van der Waals surface area contributed by atoms with Gasteiger partial charge in [-0.3, -0.25) is 9.10 Å². The Balaban J connectivity index is 2.49. The number of halogens is 2. The van der Waals surface area contributed by atoms with E-state index in [1.54, 1.807) is 12.1 Å². The van der Waals surface area contributed by atoms with Crippen LogP contribution in [0.25, 0.3) is 0 Å². The van der Waals surface area contributed by atoms with Crippen LogP contribution in [-0.4, -0.2) is 28.0 Å². The maximum atomic E-state index is 12.8. The van der Waals surface area contributed by atoms with E-state index >= 15 is 0 Å². The predicted molar refractivity (Wildman–Crippen MR) is 89.5 cm³/mol. The Morgan fingerprint density at radius 3 is 1.96 bits per heavy atom. The van der Waals surface area contributed by atoms with Crippen LogP contribution in [0.3, 0.4) is 0 Å². The minimum Gasteiger partial charge on any atom is -0.468 e. The molecule has 0 saturated carbocycles. The summed E-state index contributed by atoms with van der Waals surface area (Å²) in [5.74, 6) is -0.683.